The highest BCUT2D eigenvalue weighted by molar-refractivity contribution is 9.10. The zero-order valence-electron chi connectivity index (χ0n) is 10.5. The molecule has 0 radical (unpaired) electrons. The third kappa shape index (κ3) is 4.06. The molecule has 3 aromatic rings. The molecule has 102 valence electrons. The van der Waals surface area contributed by atoms with Crippen LogP contribution in [-0.4, -0.2) is 19.7 Å². The fraction of sp³-hybridized carbons (Fsp3) is 0. The van der Waals surface area contributed by atoms with Gasteiger partial charge in [-0.1, -0.05) is 0 Å². The van der Waals surface area contributed by atoms with Gasteiger partial charge in [0.25, 0.3) is 0 Å². The second kappa shape index (κ2) is 6.67. The molecule has 3 rings (SSSR count). The van der Waals surface area contributed by atoms with E-state index in [-0.39, 0.29) is 0 Å². The summed E-state index contributed by atoms with van der Waals surface area (Å²) >= 11 is 3.22. The molecule has 0 aromatic carbocycles. The van der Waals surface area contributed by atoms with Crippen molar-refractivity contribution >= 4 is 27.3 Å². The number of aromatic nitrogens is 4. The molecular formula is C13H13BrN6. The Labute approximate surface area is 124 Å². The van der Waals surface area contributed by atoms with Crippen LogP contribution in [0.3, 0.4) is 0 Å². The third-order valence-electron chi connectivity index (χ3n) is 2.24. The summed E-state index contributed by atoms with van der Waals surface area (Å²) in [6.45, 7) is 0. The summed E-state index contributed by atoms with van der Waals surface area (Å²) in [4.78, 5) is 7.77. The Balaban J connectivity index is 0.000000160. The Bertz CT molecular complexity index is 651. The number of nitrogen functional groups attached to an aromatic ring is 2. The number of hydrogen-bond acceptors (Lipinski definition) is 5. The number of hydrogen-bond donors (Lipinski definition) is 2. The molecule has 0 bridgehead atoms. The van der Waals surface area contributed by atoms with Gasteiger partial charge in [0.05, 0.1) is 23.3 Å². The highest BCUT2D eigenvalue weighted by Crippen LogP contribution is 2.09. The Morgan fingerprint density at radius 2 is 1.65 bits per heavy atom. The van der Waals surface area contributed by atoms with E-state index in [1.807, 2.05) is 18.3 Å². The van der Waals surface area contributed by atoms with Gasteiger partial charge in [0.15, 0.2) is 0 Å². The Kier molecular flexibility index (Phi) is 4.67. The third-order valence-corrected chi connectivity index (χ3v) is 2.67. The summed E-state index contributed by atoms with van der Waals surface area (Å²) in [5, 5.41) is 4.05. The van der Waals surface area contributed by atoms with Crippen LogP contribution in [0.2, 0.25) is 0 Å². The molecule has 0 aliphatic rings. The van der Waals surface area contributed by atoms with Crippen LogP contribution in [-0.2, 0) is 0 Å². The second-order valence-electron chi connectivity index (χ2n) is 3.86. The van der Waals surface area contributed by atoms with E-state index in [9.17, 15) is 0 Å². The molecule has 0 aliphatic carbocycles. The zero-order valence-corrected chi connectivity index (χ0v) is 12.1. The number of halogens is 1. The quantitative estimate of drug-likeness (QED) is 0.712. The maximum atomic E-state index is 5.56. The Morgan fingerprint density at radius 3 is 2.15 bits per heavy atom. The molecule has 0 atom stereocenters. The SMILES string of the molecule is Nc1cncc(-n2cccn2)c1.Nc1cncc(Br)c1. The van der Waals surface area contributed by atoms with Crippen molar-refractivity contribution in [3.05, 3.63) is 59.9 Å². The van der Waals surface area contributed by atoms with Crippen molar-refractivity contribution in [2.75, 3.05) is 11.5 Å². The van der Waals surface area contributed by atoms with Crippen LogP contribution in [0.15, 0.2) is 59.9 Å². The highest BCUT2D eigenvalue weighted by Gasteiger charge is 1.95. The van der Waals surface area contributed by atoms with Crippen LogP contribution in [0, 0.1) is 0 Å². The maximum absolute atomic E-state index is 5.56. The largest absolute Gasteiger partial charge is 0.397 e. The van der Waals surface area contributed by atoms with Crippen LogP contribution in [0.1, 0.15) is 0 Å². The van der Waals surface area contributed by atoms with Crippen LogP contribution in [0.4, 0.5) is 11.4 Å². The predicted octanol–water partition coefficient (Wildman–Crippen LogP) is 2.28. The van der Waals surface area contributed by atoms with Crippen LogP contribution >= 0.6 is 15.9 Å². The fourth-order valence-corrected chi connectivity index (χ4v) is 1.80. The predicted molar refractivity (Wildman–Crippen MR) is 82.1 cm³/mol. The van der Waals surface area contributed by atoms with E-state index in [4.69, 9.17) is 11.5 Å². The van der Waals surface area contributed by atoms with E-state index >= 15 is 0 Å². The minimum absolute atomic E-state index is 0.642. The molecule has 4 N–H and O–H groups in total. The van der Waals surface area contributed by atoms with E-state index in [1.54, 1.807) is 41.7 Å². The molecule has 3 heterocycles. The number of nitrogens with two attached hydrogens (primary N) is 2. The van der Waals surface area contributed by atoms with Crippen molar-refractivity contribution in [3.8, 4) is 5.69 Å². The first kappa shape index (κ1) is 14.0. The van der Waals surface area contributed by atoms with E-state index < -0.39 is 0 Å². The van der Waals surface area contributed by atoms with Gasteiger partial charge in [-0.15, -0.1) is 0 Å². The van der Waals surface area contributed by atoms with Gasteiger partial charge in [0.1, 0.15) is 0 Å². The first-order valence-corrected chi connectivity index (χ1v) is 6.51. The van der Waals surface area contributed by atoms with Crippen LogP contribution in [0.25, 0.3) is 5.69 Å². The van der Waals surface area contributed by atoms with Crippen molar-refractivity contribution in [2.24, 2.45) is 0 Å². The topological polar surface area (TPSA) is 95.6 Å². The van der Waals surface area contributed by atoms with Gasteiger partial charge in [-0.05, 0) is 34.1 Å². The number of anilines is 2. The van der Waals surface area contributed by atoms with E-state index in [1.165, 1.54) is 0 Å². The molecule has 0 saturated heterocycles. The van der Waals surface area contributed by atoms with Crippen molar-refractivity contribution in [1.82, 2.24) is 19.7 Å². The standard InChI is InChI=1S/C8H8N4.C5H5BrN2/c9-7-4-8(6-10-5-7)12-3-1-2-11-12;6-4-1-5(7)3-8-2-4/h1-6H,9H2;1-3H,7H2. The molecule has 0 aliphatic heterocycles. The number of pyridine rings is 2. The lowest BCUT2D eigenvalue weighted by Crippen LogP contribution is -1.96. The lowest BCUT2D eigenvalue weighted by atomic mass is 10.4. The van der Waals surface area contributed by atoms with Gasteiger partial charge in [-0.25, -0.2) is 4.68 Å². The lowest BCUT2D eigenvalue weighted by Gasteiger charge is -1.99. The summed E-state index contributed by atoms with van der Waals surface area (Å²) in [7, 11) is 0. The number of nitrogens with zero attached hydrogens (tertiary/aromatic N) is 4. The van der Waals surface area contributed by atoms with Crippen molar-refractivity contribution in [1.29, 1.82) is 0 Å². The molecule has 0 amide bonds. The van der Waals surface area contributed by atoms with Gasteiger partial charge in [-0.3, -0.25) is 9.97 Å². The normalized spacial score (nSPS) is 9.65. The summed E-state index contributed by atoms with van der Waals surface area (Å²) < 4.78 is 2.63. The minimum Gasteiger partial charge on any atom is -0.397 e. The monoisotopic (exact) mass is 332 g/mol. The van der Waals surface area contributed by atoms with Gasteiger partial charge >= 0.3 is 0 Å². The van der Waals surface area contributed by atoms with Crippen molar-refractivity contribution in [2.45, 2.75) is 0 Å². The van der Waals surface area contributed by atoms with Gasteiger partial charge in [0.2, 0.25) is 0 Å². The molecule has 20 heavy (non-hydrogen) atoms. The molecule has 0 saturated carbocycles. The summed E-state index contributed by atoms with van der Waals surface area (Å²) in [6, 6.07) is 5.47. The van der Waals surface area contributed by atoms with E-state index in [0.29, 0.717) is 11.4 Å². The number of rotatable bonds is 1. The molecule has 3 aromatic heterocycles. The lowest BCUT2D eigenvalue weighted by molar-refractivity contribution is 0.874. The summed E-state index contributed by atoms with van der Waals surface area (Å²) in [5.74, 6) is 0. The first-order valence-electron chi connectivity index (χ1n) is 5.72. The highest BCUT2D eigenvalue weighted by atomic mass is 79.9. The average molecular weight is 333 g/mol. The second-order valence-corrected chi connectivity index (χ2v) is 4.78. The van der Waals surface area contributed by atoms with Crippen molar-refractivity contribution < 1.29 is 0 Å². The van der Waals surface area contributed by atoms with Crippen molar-refractivity contribution in [3.63, 3.8) is 0 Å². The van der Waals surface area contributed by atoms with Gasteiger partial charge in [0, 0.05) is 35.5 Å². The molecule has 0 fully saturated rings. The van der Waals surface area contributed by atoms with E-state index in [0.717, 1.165) is 10.2 Å². The fourth-order valence-electron chi connectivity index (χ4n) is 1.42. The Morgan fingerprint density at radius 1 is 0.950 bits per heavy atom. The van der Waals surface area contributed by atoms with Crippen LogP contribution < -0.4 is 11.5 Å². The van der Waals surface area contributed by atoms with Gasteiger partial charge < -0.3 is 11.5 Å². The summed E-state index contributed by atoms with van der Waals surface area (Å²) in [5.41, 5.74) is 13.1. The summed E-state index contributed by atoms with van der Waals surface area (Å²) in [6.07, 6.45) is 10.2. The van der Waals surface area contributed by atoms with E-state index in [2.05, 4.69) is 31.0 Å². The molecule has 6 nitrogen and oxygen atoms in total. The molecular weight excluding hydrogens is 320 g/mol. The molecule has 7 heteroatoms. The molecule has 0 spiro atoms. The van der Waals surface area contributed by atoms with Crippen LogP contribution in [0.5, 0.6) is 0 Å². The first-order chi connectivity index (χ1) is 9.65. The zero-order chi connectivity index (χ0) is 14.4. The smallest absolute Gasteiger partial charge is 0.0849 e. The maximum Gasteiger partial charge on any atom is 0.0849 e. The average Bonchev–Trinajstić information content (AvgIpc) is 2.93. The molecule has 0 unspecified atom stereocenters. The minimum atomic E-state index is 0.642. The Hall–Kier alpha value is -2.41. The van der Waals surface area contributed by atoms with Gasteiger partial charge in [-0.2, -0.15) is 5.10 Å².